The van der Waals surface area contributed by atoms with Gasteiger partial charge in [-0.05, 0) is 30.3 Å². The summed E-state index contributed by atoms with van der Waals surface area (Å²) in [5.74, 6) is -0.121. The molecule has 1 atom stereocenters. The van der Waals surface area contributed by atoms with Crippen molar-refractivity contribution in [1.29, 1.82) is 0 Å². The third-order valence-electron chi connectivity index (χ3n) is 4.80. The molecule has 28 heavy (non-hydrogen) atoms. The first-order chi connectivity index (χ1) is 13.8. The van der Waals surface area contributed by atoms with Crippen LogP contribution in [0.2, 0.25) is 0 Å². The van der Waals surface area contributed by atoms with Crippen molar-refractivity contribution in [3.63, 3.8) is 0 Å². The zero-order valence-electron chi connectivity index (χ0n) is 15.4. The van der Waals surface area contributed by atoms with Crippen LogP contribution in [-0.4, -0.2) is 63.4 Å². The van der Waals surface area contributed by atoms with Gasteiger partial charge < -0.3 is 10.1 Å². The van der Waals surface area contributed by atoms with E-state index in [-0.39, 0.29) is 11.9 Å². The first-order valence-corrected chi connectivity index (χ1v) is 9.27. The number of morpholine rings is 1. The molecule has 1 amide bonds. The number of benzene rings is 1. The van der Waals surface area contributed by atoms with Crippen LogP contribution in [0.3, 0.4) is 0 Å². The van der Waals surface area contributed by atoms with E-state index >= 15 is 0 Å². The van der Waals surface area contributed by atoms with Crippen LogP contribution in [0.5, 0.6) is 0 Å². The molecule has 1 fully saturated rings. The van der Waals surface area contributed by atoms with E-state index in [0.717, 1.165) is 24.5 Å². The molecule has 0 unspecified atom stereocenters. The summed E-state index contributed by atoms with van der Waals surface area (Å²) in [4.78, 5) is 19.6. The SMILES string of the molecule is O=C(NC[C@@H](c1ccccn1)N1CCOCC1)c1cccc(-n2cnnc2)c1. The second kappa shape index (κ2) is 8.73. The highest BCUT2D eigenvalue weighted by atomic mass is 16.5. The van der Waals surface area contributed by atoms with E-state index in [4.69, 9.17) is 4.74 Å². The third kappa shape index (κ3) is 4.24. The highest BCUT2D eigenvalue weighted by Gasteiger charge is 2.24. The molecule has 1 aromatic carbocycles. The zero-order valence-corrected chi connectivity index (χ0v) is 15.4. The van der Waals surface area contributed by atoms with E-state index in [9.17, 15) is 4.79 Å². The van der Waals surface area contributed by atoms with Gasteiger partial charge in [-0.3, -0.25) is 19.2 Å². The average Bonchev–Trinajstić information content (AvgIpc) is 3.30. The van der Waals surface area contributed by atoms with Crippen LogP contribution in [0.15, 0.2) is 61.3 Å². The number of carbonyl (C=O) groups is 1. The highest BCUT2D eigenvalue weighted by molar-refractivity contribution is 5.94. The fourth-order valence-electron chi connectivity index (χ4n) is 3.32. The molecule has 0 spiro atoms. The normalized spacial score (nSPS) is 15.9. The zero-order chi connectivity index (χ0) is 19.2. The molecule has 144 valence electrons. The maximum absolute atomic E-state index is 12.8. The molecule has 0 aliphatic carbocycles. The fraction of sp³-hybridized carbons (Fsp3) is 0.300. The quantitative estimate of drug-likeness (QED) is 0.699. The van der Waals surface area contributed by atoms with Crippen molar-refractivity contribution in [1.82, 2.24) is 30.0 Å². The summed E-state index contributed by atoms with van der Waals surface area (Å²) in [6.45, 7) is 3.50. The van der Waals surface area contributed by atoms with Gasteiger partial charge >= 0.3 is 0 Å². The summed E-state index contributed by atoms with van der Waals surface area (Å²) in [6.07, 6.45) is 4.99. The van der Waals surface area contributed by atoms with Crippen LogP contribution in [0.1, 0.15) is 22.1 Å². The lowest BCUT2D eigenvalue weighted by Crippen LogP contribution is -2.44. The van der Waals surface area contributed by atoms with Gasteiger partial charge in [0.2, 0.25) is 0 Å². The maximum Gasteiger partial charge on any atom is 0.251 e. The second-order valence-corrected chi connectivity index (χ2v) is 6.55. The molecular weight excluding hydrogens is 356 g/mol. The number of rotatable bonds is 6. The molecular formula is C20H22N6O2. The molecule has 0 saturated carbocycles. The van der Waals surface area contributed by atoms with Gasteiger partial charge in [-0.2, -0.15) is 0 Å². The molecule has 0 bridgehead atoms. The van der Waals surface area contributed by atoms with Crippen LogP contribution in [0, 0.1) is 0 Å². The van der Waals surface area contributed by atoms with Crippen molar-refractivity contribution < 1.29 is 9.53 Å². The van der Waals surface area contributed by atoms with E-state index < -0.39 is 0 Å². The predicted molar refractivity (Wildman–Crippen MR) is 103 cm³/mol. The molecule has 8 nitrogen and oxygen atoms in total. The van der Waals surface area contributed by atoms with Crippen LogP contribution >= 0.6 is 0 Å². The smallest absolute Gasteiger partial charge is 0.251 e. The van der Waals surface area contributed by atoms with Gasteiger partial charge in [-0.25, -0.2) is 0 Å². The van der Waals surface area contributed by atoms with Gasteiger partial charge in [0.15, 0.2) is 0 Å². The second-order valence-electron chi connectivity index (χ2n) is 6.55. The van der Waals surface area contributed by atoms with Crippen molar-refractivity contribution in [3.8, 4) is 5.69 Å². The molecule has 8 heteroatoms. The molecule has 3 aromatic rings. The van der Waals surface area contributed by atoms with Gasteiger partial charge in [0.25, 0.3) is 5.91 Å². The van der Waals surface area contributed by atoms with Crippen molar-refractivity contribution >= 4 is 5.91 Å². The van der Waals surface area contributed by atoms with E-state index in [0.29, 0.717) is 25.3 Å². The number of hydrogen-bond donors (Lipinski definition) is 1. The number of nitrogens with one attached hydrogen (secondary N) is 1. The van der Waals surface area contributed by atoms with E-state index in [1.807, 2.05) is 36.4 Å². The molecule has 1 aliphatic rings. The number of aromatic nitrogens is 4. The minimum absolute atomic E-state index is 0.00933. The van der Waals surface area contributed by atoms with Crippen molar-refractivity contribution in [2.45, 2.75) is 6.04 Å². The number of carbonyl (C=O) groups excluding carboxylic acids is 1. The lowest BCUT2D eigenvalue weighted by molar-refractivity contribution is 0.0154. The maximum atomic E-state index is 12.8. The Balaban J connectivity index is 1.47. The van der Waals surface area contributed by atoms with Crippen LogP contribution in [-0.2, 0) is 4.74 Å². The standard InChI is InChI=1S/C20H22N6O2/c27-20(16-4-3-5-17(12-16)26-14-23-24-15-26)22-13-19(18-6-1-2-7-21-18)25-8-10-28-11-9-25/h1-7,12,14-15,19H,8-11,13H2,(H,22,27)/t19-/m0/s1. The largest absolute Gasteiger partial charge is 0.379 e. The number of nitrogens with zero attached hydrogens (tertiary/aromatic N) is 5. The minimum atomic E-state index is -0.121. The molecule has 1 aliphatic heterocycles. The van der Waals surface area contributed by atoms with Gasteiger partial charge in [0.05, 0.1) is 24.9 Å². The monoisotopic (exact) mass is 378 g/mol. The van der Waals surface area contributed by atoms with Crippen molar-refractivity contribution in [2.24, 2.45) is 0 Å². The van der Waals surface area contributed by atoms with Crippen LogP contribution in [0.4, 0.5) is 0 Å². The molecule has 1 saturated heterocycles. The van der Waals surface area contributed by atoms with Gasteiger partial charge in [-0.1, -0.05) is 12.1 Å². The molecule has 0 radical (unpaired) electrons. The Morgan fingerprint density at radius 3 is 2.68 bits per heavy atom. The first-order valence-electron chi connectivity index (χ1n) is 9.27. The van der Waals surface area contributed by atoms with Crippen molar-refractivity contribution in [3.05, 3.63) is 72.6 Å². The van der Waals surface area contributed by atoms with Crippen LogP contribution < -0.4 is 5.32 Å². The fourth-order valence-corrected chi connectivity index (χ4v) is 3.32. The predicted octanol–water partition coefficient (Wildman–Crippen LogP) is 1.47. The highest BCUT2D eigenvalue weighted by Crippen LogP contribution is 2.19. The first kappa shape index (κ1) is 18.3. The summed E-state index contributed by atoms with van der Waals surface area (Å²) in [5, 5.41) is 10.7. The Morgan fingerprint density at radius 1 is 1.11 bits per heavy atom. The summed E-state index contributed by atoms with van der Waals surface area (Å²) < 4.78 is 7.23. The lowest BCUT2D eigenvalue weighted by Gasteiger charge is -2.34. The molecule has 4 rings (SSSR count). The molecule has 2 aromatic heterocycles. The Labute approximate surface area is 163 Å². The van der Waals surface area contributed by atoms with Crippen LogP contribution in [0.25, 0.3) is 5.69 Å². The molecule has 3 heterocycles. The Hall–Kier alpha value is -3.10. The summed E-state index contributed by atoms with van der Waals surface area (Å²) in [7, 11) is 0. The minimum Gasteiger partial charge on any atom is -0.379 e. The molecule has 1 N–H and O–H groups in total. The summed E-state index contributed by atoms with van der Waals surface area (Å²) in [5.41, 5.74) is 2.38. The van der Waals surface area contributed by atoms with Gasteiger partial charge in [-0.15, -0.1) is 10.2 Å². The summed E-state index contributed by atoms with van der Waals surface area (Å²) >= 11 is 0. The lowest BCUT2D eigenvalue weighted by atomic mass is 10.1. The Bertz CT molecular complexity index is 894. The Kier molecular flexibility index (Phi) is 5.69. The topological polar surface area (TPSA) is 85.2 Å². The number of pyridine rings is 1. The van der Waals surface area contributed by atoms with E-state index in [1.54, 1.807) is 29.5 Å². The Morgan fingerprint density at radius 2 is 1.93 bits per heavy atom. The van der Waals surface area contributed by atoms with Gasteiger partial charge in [0.1, 0.15) is 12.7 Å². The summed E-state index contributed by atoms with van der Waals surface area (Å²) in [6, 6.07) is 13.3. The average molecular weight is 378 g/mol. The third-order valence-corrected chi connectivity index (χ3v) is 4.80. The number of amides is 1. The van der Waals surface area contributed by atoms with E-state index in [1.165, 1.54) is 0 Å². The number of hydrogen-bond acceptors (Lipinski definition) is 6. The van der Waals surface area contributed by atoms with Gasteiger partial charge in [0, 0.05) is 37.1 Å². The number of ether oxygens (including phenoxy) is 1. The van der Waals surface area contributed by atoms with E-state index in [2.05, 4.69) is 25.4 Å². The van der Waals surface area contributed by atoms with Crippen molar-refractivity contribution in [2.75, 3.05) is 32.8 Å².